The van der Waals surface area contributed by atoms with Gasteiger partial charge < -0.3 is 14.4 Å². The summed E-state index contributed by atoms with van der Waals surface area (Å²) in [5.74, 6) is -0.601. The lowest BCUT2D eigenvalue weighted by molar-refractivity contribution is -0.169. The van der Waals surface area contributed by atoms with Gasteiger partial charge in [0.05, 0.1) is 24.4 Å². The Balaban J connectivity index is 1.71. The van der Waals surface area contributed by atoms with E-state index in [1.165, 1.54) is 0 Å². The number of halogens is 1. The summed E-state index contributed by atoms with van der Waals surface area (Å²) in [6.07, 6.45) is 1.66. The Kier molecular flexibility index (Phi) is 3.50. The van der Waals surface area contributed by atoms with Gasteiger partial charge in [-0.15, -0.1) is 0 Å². The van der Waals surface area contributed by atoms with Crippen LogP contribution in [0.15, 0.2) is 18.2 Å². The molecule has 4 nitrogen and oxygen atoms in total. The van der Waals surface area contributed by atoms with Crippen molar-refractivity contribution >= 4 is 16.6 Å². The molecular weight excluding hydrogens is 295 g/mol. The Labute approximate surface area is 135 Å². The van der Waals surface area contributed by atoms with Gasteiger partial charge >= 0.3 is 0 Å². The van der Waals surface area contributed by atoms with E-state index in [9.17, 15) is 4.39 Å². The molecule has 2 saturated heterocycles. The first kappa shape index (κ1) is 14.8. The molecule has 0 amide bonds. The lowest BCUT2D eigenvalue weighted by Crippen LogP contribution is -2.45. The number of anilines is 1. The summed E-state index contributed by atoms with van der Waals surface area (Å²) in [6.45, 7) is 6.91. The summed E-state index contributed by atoms with van der Waals surface area (Å²) in [7, 11) is 0. The fraction of sp³-hybridized carbons (Fsp3) is 0.500. The van der Waals surface area contributed by atoms with E-state index in [1.807, 2.05) is 26.0 Å². The van der Waals surface area contributed by atoms with Gasteiger partial charge in [0.25, 0.3) is 0 Å². The Morgan fingerprint density at radius 3 is 2.52 bits per heavy atom. The van der Waals surface area contributed by atoms with Gasteiger partial charge in [0.2, 0.25) is 0 Å². The fourth-order valence-corrected chi connectivity index (χ4v) is 3.77. The van der Waals surface area contributed by atoms with Gasteiger partial charge in [-0.05, 0) is 37.6 Å². The lowest BCUT2D eigenvalue weighted by atomic mass is 10.0. The first-order chi connectivity index (χ1) is 11.1. The molecule has 2 aromatic rings. The zero-order valence-electron chi connectivity index (χ0n) is 13.6. The molecule has 0 bridgehead atoms. The highest BCUT2D eigenvalue weighted by molar-refractivity contribution is 5.93. The van der Waals surface area contributed by atoms with Crippen LogP contribution in [0, 0.1) is 19.7 Å². The van der Waals surface area contributed by atoms with Crippen LogP contribution in [0.25, 0.3) is 10.9 Å². The summed E-state index contributed by atoms with van der Waals surface area (Å²) in [5, 5.41) is 0.627. The largest absolute Gasteiger partial charge is 0.369 e. The molecule has 0 N–H and O–H groups in total. The molecule has 1 spiro atoms. The Bertz CT molecular complexity index is 746. The van der Waals surface area contributed by atoms with E-state index in [-0.39, 0.29) is 5.82 Å². The summed E-state index contributed by atoms with van der Waals surface area (Å²) < 4.78 is 25.8. The van der Waals surface area contributed by atoms with Crippen molar-refractivity contribution in [3.63, 3.8) is 0 Å². The first-order valence-corrected chi connectivity index (χ1v) is 8.17. The summed E-state index contributed by atoms with van der Waals surface area (Å²) in [5.41, 5.74) is 3.60. The van der Waals surface area contributed by atoms with Crippen molar-refractivity contribution in [2.75, 3.05) is 31.2 Å². The number of aromatic nitrogens is 1. The van der Waals surface area contributed by atoms with Crippen LogP contribution in [-0.2, 0) is 9.47 Å². The minimum atomic E-state index is -0.397. The smallest absolute Gasteiger partial charge is 0.171 e. The van der Waals surface area contributed by atoms with Crippen LogP contribution in [0.4, 0.5) is 10.1 Å². The normalized spacial score (nSPS) is 20.6. The van der Waals surface area contributed by atoms with Crippen LogP contribution in [0.3, 0.4) is 0 Å². The van der Waals surface area contributed by atoms with E-state index in [0.29, 0.717) is 18.6 Å². The molecule has 1 aromatic carbocycles. The maximum Gasteiger partial charge on any atom is 0.171 e. The highest BCUT2D eigenvalue weighted by Gasteiger charge is 2.40. The number of nitrogens with zero attached hydrogens (tertiary/aromatic N) is 2. The van der Waals surface area contributed by atoms with Gasteiger partial charge in [0.15, 0.2) is 5.79 Å². The van der Waals surface area contributed by atoms with Crippen LogP contribution in [-0.4, -0.2) is 37.1 Å². The molecule has 122 valence electrons. The van der Waals surface area contributed by atoms with E-state index in [0.717, 1.165) is 48.4 Å². The van der Waals surface area contributed by atoms with E-state index < -0.39 is 5.79 Å². The van der Waals surface area contributed by atoms with Gasteiger partial charge in [0, 0.05) is 37.0 Å². The van der Waals surface area contributed by atoms with E-state index >= 15 is 0 Å². The molecule has 0 saturated carbocycles. The number of benzene rings is 1. The minimum Gasteiger partial charge on any atom is -0.369 e. The molecule has 0 radical (unpaired) electrons. The third-order valence-electron chi connectivity index (χ3n) is 4.89. The predicted octanol–water partition coefficient (Wildman–Crippen LogP) is 3.33. The van der Waals surface area contributed by atoms with Gasteiger partial charge in [0.1, 0.15) is 5.82 Å². The Morgan fingerprint density at radius 1 is 1.13 bits per heavy atom. The second-order valence-corrected chi connectivity index (χ2v) is 6.47. The van der Waals surface area contributed by atoms with Gasteiger partial charge in [-0.25, -0.2) is 4.39 Å². The molecule has 1 aromatic heterocycles. The Morgan fingerprint density at radius 2 is 1.83 bits per heavy atom. The molecule has 0 aliphatic carbocycles. The van der Waals surface area contributed by atoms with Crippen molar-refractivity contribution in [2.45, 2.75) is 32.5 Å². The fourth-order valence-electron chi connectivity index (χ4n) is 3.77. The minimum absolute atomic E-state index is 0.204. The standard InChI is InChI=1S/C18H21FN2O2/c1-12-11-13(2)20-17-15(4-3-14(19)16(12)17)21-7-5-18(6-8-21)22-9-10-23-18/h3-4,11H,5-10H2,1-2H3. The SMILES string of the molecule is Cc1cc(C)c2c(F)ccc(N3CCC4(CC3)OCCO4)c2n1. The van der Waals surface area contributed by atoms with Gasteiger partial charge in [-0.3, -0.25) is 4.98 Å². The zero-order valence-corrected chi connectivity index (χ0v) is 13.6. The molecule has 0 atom stereocenters. The number of hydrogen-bond acceptors (Lipinski definition) is 4. The number of pyridine rings is 1. The molecule has 2 aliphatic heterocycles. The maximum absolute atomic E-state index is 14.3. The van der Waals surface area contributed by atoms with Crippen LogP contribution in [0.2, 0.25) is 0 Å². The van der Waals surface area contributed by atoms with E-state index in [4.69, 9.17) is 9.47 Å². The third-order valence-corrected chi connectivity index (χ3v) is 4.89. The molecule has 2 aliphatic rings. The van der Waals surface area contributed by atoms with Crippen LogP contribution in [0.1, 0.15) is 24.1 Å². The Hall–Kier alpha value is -1.72. The maximum atomic E-state index is 14.3. The van der Waals surface area contributed by atoms with E-state index in [2.05, 4.69) is 9.88 Å². The average molecular weight is 316 g/mol. The van der Waals surface area contributed by atoms with Crippen LogP contribution in [0.5, 0.6) is 0 Å². The number of ether oxygens (including phenoxy) is 2. The van der Waals surface area contributed by atoms with Crippen molar-refractivity contribution in [3.8, 4) is 0 Å². The summed E-state index contributed by atoms with van der Waals surface area (Å²) in [6, 6.07) is 5.33. The summed E-state index contributed by atoms with van der Waals surface area (Å²) >= 11 is 0. The highest BCUT2D eigenvalue weighted by atomic mass is 19.1. The van der Waals surface area contributed by atoms with Gasteiger partial charge in [-0.1, -0.05) is 0 Å². The number of rotatable bonds is 1. The van der Waals surface area contributed by atoms with Crippen molar-refractivity contribution in [1.29, 1.82) is 0 Å². The van der Waals surface area contributed by atoms with Crippen molar-refractivity contribution in [2.24, 2.45) is 0 Å². The molecule has 4 rings (SSSR count). The van der Waals surface area contributed by atoms with E-state index in [1.54, 1.807) is 6.07 Å². The number of hydrogen-bond donors (Lipinski definition) is 0. The molecule has 0 unspecified atom stereocenters. The summed E-state index contributed by atoms with van der Waals surface area (Å²) in [4.78, 5) is 6.89. The van der Waals surface area contributed by atoms with Crippen molar-refractivity contribution in [1.82, 2.24) is 4.98 Å². The number of fused-ring (bicyclic) bond motifs is 1. The predicted molar refractivity (Wildman–Crippen MR) is 87.3 cm³/mol. The van der Waals surface area contributed by atoms with Crippen molar-refractivity contribution in [3.05, 3.63) is 35.3 Å². The molecule has 23 heavy (non-hydrogen) atoms. The highest BCUT2D eigenvalue weighted by Crippen LogP contribution is 2.36. The quantitative estimate of drug-likeness (QED) is 0.808. The molecule has 2 fully saturated rings. The lowest BCUT2D eigenvalue weighted by Gasteiger charge is -2.39. The molecule has 5 heteroatoms. The molecular formula is C18H21FN2O2. The second kappa shape index (κ2) is 5.42. The van der Waals surface area contributed by atoms with Gasteiger partial charge in [-0.2, -0.15) is 0 Å². The topological polar surface area (TPSA) is 34.6 Å². The number of aryl methyl sites for hydroxylation is 2. The van der Waals surface area contributed by atoms with Crippen LogP contribution < -0.4 is 4.90 Å². The van der Waals surface area contributed by atoms with Crippen LogP contribution >= 0.6 is 0 Å². The molecule has 3 heterocycles. The first-order valence-electron chi connectivity index (χ1n) is 8.17. The zero-order chi connectivity index (χ0) is 16.0. The third kappa shape index (κ3) is 2.48. The second-order valence-electron chi connectivity index (χ2n) is 6.47. The van der Waals surface area contributed by atoms with Crippen molar-refractivity contribution < 1.29 is 13.9 Å². The average Bonchev–Trinajstić information content (AvgIpc) is 2.96. The number of piperidine rings is 1. The monoisotopic (exact) mass is 316 g/mol.